The van der Waals surface area contributed by atoms with Crippen molar-refractivity contribution in [1.29, 1.82) is 0 Å². The number of methoxy groups -OCH3 is 1. The second-order valence-electron chi connectivity index (χ2n) is 7.83. The molecule has 3 aromatic carbocycles. The summed E-state index contributed by atoms with van der Waals surface area (Å²) in [6.45, 7) is 3.81. The van der Waals surface area contributed by atoms with Crippen molar-refractivity contribution < 1.29 is 19.1 Å². The molecule has 0 spiro atoms. The summed E-state index contributed by atoms with van der Waals surface area (Å²) in [7, 11) is 1.55. The predicted octanol–water partition coefficient (Wildman–Crippen LogP) is 4.99. The molecule has 1 heterocycles. The molecule has 6 nitrogen and oxygen atoms in total. The van der Waals surface area contributed by atoms with Crippen LogP contribution in [0.4, 0.5) is 11.4 Å². The fourth-order valence-corrected chi connectivity index (χ4v) is 4.89. The van der Waals surface area contributed by atoms with Gasteiger partial charge < -0.3 is 10.1 Å². The number of aryl methyl sites for hydroxylation is 2. The molecule has 0 saturated carbocycles. The van der Waals surface area contributed by atoms with Crippen LogP contribution in [0.15, 0.2) is 71.6 Å². The Hall–Kier alpha value is -3.58. The molecule has 0 aliphatic carbocycles. The number of anilines is 2. The molecule has 1 N–H and O–H groups in total. The number of nitrogens with one attached hydrogen (secondary N) is 1. The minimum atomic E-state index is -0.478. The van der Waals surface area contributed by atoms with Gasteiger partial charge in [-0.25, -0.2) is 4.90 Å². The van der Waals surface area contributed by atoms with Crippen molar-refractivity contribution >= 4 is 40.9 Å². The van der Waals surface area contributed by atoms with Crippen LogP contribution in [0.3, 0.4) is 0 Å². The van der Waals surface area contributed by atoms with Crippen molar-refractivity contribution in [1.82, 2.24) is 0 Å². The number of ether oxygens (including phenoxy) is 1. The van der Waals surface area contributed by atoms with Gasteiger partial charge in [-0.15, -0.1) is 11.8 Å². The number of imide groups is 1. The van der Waals surface area contributed by atoms with Gasteiger partial charge in [-0.2, -0.15) is 0 Å². The first-order valence-corrected chi connectivity index (χ1v) is 11.4. The average molecular weight is 461 g/mol. The molecule has 1 aliphatic heterocycles. The van der Waals surface area contributed by atoms with Crippen LogP contribution < -0.4 is 15.0 Å². The van der Waals surface area contributed by atoms with Crippen LogP contribution in [-0.4, -0.2) is 30.1 Å². The van der Waals surface area contributed by atoms with Crippen molar-refractivity contribution in [3.63, 3.8) is 0 Å². The Balaban J connectivity index is 1.43. The lowest BCUT2D eigenvalue weighted by Gasteiger charge is -2.19. The van der Waals surface area contributed by atoms with Crippen LogP contribution in [0.5, 0.6) is 5.75 Å². The third-order valence-corrected chi connectivity index (χ3v) is 6.69. The highest BCUT2D eigenvalue weighted by atomic mass is 32.2. The maximum Gasteiger partial charge on any atom is 0.255 e. The van der Waals surface area contributed by atoms with Gasteiger partial charge in [0.25, 0.3) is 5.91 Å². The van der Waals surface area contributed by atoms with Crippen LogP contribution in [0.1, 0.15) is 27.9 Å². The number of amides is 3. The minimum Gasteiger partial charge on any atom is -0.497 e. The van der Waals surface area contributed by atoms with Gasteiger partial charge in [-0.1, -0.05) is 24.3 Å². The summed E-state index contributed by atoms with van der Waals surface area (Å²) in [6.07, 6.45) is 0.158. The third-order valence-electron chi connectivity index (χ3n) is 5.49. The molecule has 1 unspecified atom stereocenters. The largest absolute Gasteiger partial charge is 0.497 e. The van der Waals surface area contributed by atoms with E-state index >= 15 is 0 Å². The summed E-state index contributed by atoms with van der Waals surface area (Å²) in [5.41, 5.74) is 3.62. The third kappa shape index (κ3) is 4.78. The smallest absolute Gasteiger partial charge is 0.255 e. The van der Waals surface area contributed by atoms with Gasteiger partial charge in [-0.3, -0.25) is 14.4 Å². The second kappa shape index (κ2) is 9.50. The van der Waals surface area contributed by atoms with E-state index < -0.39 is 5.25 Å². The molecule has 0 bridgehead atoms. The molecule has 1 saturated heterocycles. The van der Waals surface area contributed by atoms with E-state index in [-0.39, 0.29) is 24.1 Å². The number of carbonyl (C=O) groups excluding carboxylic acids is 3. The molecule has 1 aliphatic rings. The monoisotopic (exact) mass is 460 g/mol. The first kappa shape index (κ1) is 22.6. The molecule has 33 heavy (non-hydrogen) atoms. The topological polar surface area (TPSA) is 75.7 Å². The van der Waals surface area contributed by atoms with Gasteiger partial charge in [0.1, 0.15) is 5.75 Å². The highest BCUT2D eigenvalue weighted by Crippen LogP contribution is 2.36. The van der Waals surface area contributed by atoms with E-state index in [0.717, 1.165) is 16.0 Å². The van der Waals surface area contributed by atoms with Gasteiger partial charge >= 0.3 is 0 Å². The van der Waals surface area contributed by atoms with Crippen molar-refractivity contribution in [2.24, 2.45) is 0 Å². The number of hydrogen-bond donors (Lipinski definition) is 1. The molecule has 1 fully saturated rings. The highest BCUT2D eigenvalue weighted by Gasteiger charge is 2.41. The summed E-state index contributed by atoms with van der Waals surface area (Å²) in [5.74, 6) is -0.00917. The zero-order valence-corrected chi connectivity index (χ0v) is 19.4. The Kier molecular flexibility index (Phi) is 6.51. The standard InChI is InChI=1S/C26H24N2O4S/c1-16-6-4-7-17(2)24(16)28-23(29)15-22(26(28)31)33-21-12-10-19(11-13-21)27-25(30)18-8-5-9-20(14-18)32-3/h4-14,22H,15H2,1-3H3,(H,27,30). The first-order chi connectivity index (χ1) is 15.9. The van der Waals surface area contributed by atoms with Crippen LogP contribution in [-0.2, 0) is 9.59 Å². The summed E-state index contributed by atoms with van der Waals surface area (Å²) >= 11 is 1.36. The number of nitrogens with zero attached hydrogens (tertiary/aromatic N) is 1. The Morgan fingerprint density at radius 2 is 1.67 bits per heavy atom. The lowest BCUT2D eigenvalue weighted by molar-refractivity contribution is -0.121. The number of benzene rings is 3. The van der Waals surface area contributed by atoms with Crippen LogP contribution in [0.2, 0.25) is 0 Å². The zero-order chi connectivity index (χ0) is 23.5. The van der Waals surface area contributed by atoms with E-state index in [1.165, 1.54) is 16.7 Å². The second-order valence-corrected chi connectivity index (χ2v) is 9.11. The van der Waals surface area contributed by atoms with Gasteiger partial charge in [0.2, 0.25) is 11.8 Å². The Labute approximate surface area is 196 Å². The summed E-state index contributed by atoms with van der Waals surface area (Å²) in [4.78, 5) is 40.4. The van der Waals surface area contributed by atoms with E-state index in [1.807, 2.05) is 44.2 Å². The van der Waals surface area contributed by atoms with Crippen LogP contribution in [0, 0.1) is 13.8 Å². The summed E-state index contributed by atoms with van der Waals surface area (Å²) in [5, 5.41) is 2.38. The lowest BCUT2D eigenvalue weighted by atomic mass is 10.1. The number of thioether (sulfide) groups is 1. The van der Waals surface area contributed by atoms with Gasteiger partial charge in [0, 0.05) is 22.6 Å². The van der Waals surface area contributed by atoms with Crippen LogP contribution in [0.25, 0.3) is 0 Å². The van der Waals surface area contributed by atoms with E-state index in [4.69, 9.17) is 4.74 Å². The number of para-hydroxylation sites is 1. The molecule has 4 rings (SSSR count). The maximum atomic E-state index is 13.1. The quantitative estimate of drug-likeness (QED) is 0.525. The Morgan fingerprint density at radius 1 is 1.00 bits per heavy atom. The average Bonchev–Trinajstić information content (AvgIpc) is 3.08. The summed E-state index contributed by atoms with van der Waals surface area (Å²) in [6, 6.07) is 19.9. The van der Waals surface area contributed by atoms with Gasteiger partial charge in [0.15, 0.2) is 0 Å². The normalized spacial score (nSPS) is 15.6. The molecule has 3 aromatic rings. The van der Waals surface area contributed by atoms with E-state index in [1.54, 1.807) is 43.5 Å². The SMILES string of the molecule is COc1cccc(C(=O)Nc2ccc(SC3CC(=O)N(c4c(C)cccc4C)C3=O)cc2)c1. The molecule has 1 atom stereocenters. The minimum absolute atomic E-state index is 0.158. The predicted molar refractivity (Wildman–Crippen MR) is 130 cm³/mol. The maximum absolute atomic E-state index is 13.1. The van der Waals surface area contributed by atoms with Crippen LogP contribution >= 0.6 is 11.8 Å². The summed E-state index contributed by atoms with van der Waals surface area (Å²) < 4.78 is 5.16. The molecule has 168 valence electrons. The van der Waals surface area contributed by atoms with Crippen molar-refractivity contribution in [3.8, 4) is 5.75 Å². The van der Waals surface area contributed by atoms with E-state index in [9.17, 15) is 14.4 Å². The fraction of sp³-hybridized carbons (Fsp3) is 0.192. The first-order valence-electron chi connectivity index (χ1n) is 10.5. The molecular weight excluding hydrogens is 436 g/mol. The highest BCUT2D eigenvalue weighted by molar-refractivity contribution is 8.00. The van der Waals surface area contributed by atoms with Crippen molar-refractivity contribution in [2.45, 2.75) is 30.4 Å². The number of carbonyl (C=O) groups is 3. The fourth-order valence-electron chi connectivity index (χ4n) is 3.84. The Bertz CT molecular complexity index is 1200. The number of rotatable bonds is 6. The van der Waals surface area contributed by atoms with E-state index in [0.29, 0.717) is 22.7 Å². The molecule has 7 heteroatoms. The lowest BCUT2D eigenvalue weighted by Crippen LogP contribution is -2.32. The molecule has 0 radical (unpaired) electrons. The van der Waals surface area contributed by atoms with Gasteiger partial charge in [-0.05, 0) is 67.4 Å². The molecular formula is C26H24N2O4S. The van der Waals surface area contributed by atoms with Crippen molar-refractivity contribution in [2.75, 3.05) is 17.3 Å². The Morgan fingerprint density at radius 3 is 2.33 bits per heavy atom. The van der Waals surface area contributed by atoms with Crippen molar-refractivity contribution in [3.05, 3.63) is 83.4 Å². The zero-order valence-electron chi connectivity index (χ0n) is 18.6. The van der Waals surface area contributed by atoms with Gasteiger partial charge in [0.05, 0.1) is 18.0 Å². The number of hydrogen-bond acceptors (Lipinski definition) is 5. The van der Waals surface area contributed by atoms with E-state index in [2.05, 4.69) is 5.32 Å². The molecule has 0 aromatic heterocycles. The molecule has 3 amide bonds.